The second kappa shape index (κ2) is 6.98. The first-order chi connectivity index (χ1) is 8.99. The summed E-state index contributed by atoms with van der Waals surface area (Å²) in [6, 6.07) is 3.37. The molecule has 2 N–H and O–H groups in total. The summed E-state index contributed by atoms with van der Waals surface area (Å²) in [4.78, 5) is 22.3. The van der Waals surface area contributed by atoms with Crippen LogP contribution in [0.15, 0.2) is 18.2 Å². The van der Waals surface area contributed by atoms with Gasteiger partial charge in [-0.15, -0.1) is 0 Å². The van der Waals surface area contributed by atoms with Crippen molar-refractivity contribution < 1.29 is 14.8 Å². The minimum absolute atomic E-state index is 0.0514. The number of carbonyl (C=O) groups is 1. The fraction of sp³-hybridized carbons (Fsp3) is 0.417. The van der Waals surface area contributed by atoms with E-state index in [1.807, 2.05) is 13.2 Å². The number of phenols is 1. The molecule has 1 atom stereocenters. The summed E-state index contributed by atoms with van der Waals surface area (Å²) in [6.45, 7) is 1.93. The van der Waals surface area contributed by atoms with E-state index in [0.29, 0.717) is 0 Å². The summed E-state index contributed by atoms with van der Waals surface area (Å²) in [5, 5.41) is 22.9. The molecule has 0 saturated carbocycles. The molecule has 1 amide bonds. The predicted molar refractivity (Wildman–Crippen MR) is 74.7 cm³/mol. The van der Waals surface area contributed by atoms with Crippen molar-refractivity contribution in [3.05, 3.63) is 33.9 Å². The van der Waals surface area contributed by atoms with Gasteiger partial charge in [-0.25, -0.2) is 0 Å². The normalized spacial score (nSPS) is 11.9. The number of rotatable bonds is 6. The maximum Gasteiger partial charge on any atom is 0.282 e. The highest BCUT2D eigenvalue weighted by Gasteiger charge is 2.22. The van der Waals surface area contributed by atoms with Crippen LogP contribution in [0.5, 0.6) is 5.75 Å². The maximum atomic E-state index is 12.0. The van der Waals surface area contributed by atoms with Crippen LogP contribution in [0.3, 0.4) is 0 Å². The molecule has 1 rings (SSSR count). The Kier molecular flexibility index (Phi) is 5.62. The van der Waals surface area contributed by atoms with Gasteiger partial charge < -0.3 is 10.4 Å². The van der Waals surface area contributed by atoms with Gasteiger partial charge in [0.1, 0.15) is 11.3 Å². The van der Waals surface area contributed by atoms with Crippen LogP contribution in [0.4, 0.5) is 5.69 Å². The lowest BCUT2D eigenvalue weighted by molar-refractivity contribution is -0.385. The first-order valence-electron chi connectivity index (χ1n) is 5.76. The van der Waals surface area contributed by atoms with Crippen LogP contribution in [0.2, 0.25) is 0 Å². The summed E-state index contributed by atoms with van der Waals surface area (Å²) in [5.41, 5.74) is -0.432. The van der Waals surface area contributed by atoms with E-state index in [0.717, 1.165) is 24.3 Å². The number of hydrogen-bond acceptors (Lipinski definition) is 5. The molecule has 0 bridgehead atoms. The van der Waals surface area contributed by atoms with E-state index >= 15 is 0 Å². The molecule has 0 saturated heterocycles. The summed E-state index contributed by atoms with van der Waals surface area (Å²) in [5.74, 6) is 0.0200. The number of aromatic hydroxyl groups is 1. The third-order valence-electron chi connectivity index (χ3n) is 2.62. The smallest absolute Gasteiger partial charge is 0.282 e. The third kappa shape index (κ3) is 4.13. The highest BCUT2D eigenvalue weighted by Crippen LogP contribution is 2.23. The number of nitrogens with zero attached hydrogens (tertiary/aromatic N) is 1. The molecule has 0 radical (unpaired) electrons. The van der Waals surface area contributed by atoms with E-state index in [1.165, 1.54) is 6.07 Å². The summed E-state index contributed by atoms with van der Waals surface area (Å²) < 4.78 is 0. The molecule has 1 aromatic carbocycles. The number of hydrogen-bond donors (Lipinski definition) is 2. The summed E-state index contributed by atoms with van der Waals surface area (Å²) >= 11 is 1.59. The van der Waals surface area contributed by atoms with Crippen molar-refractivity contribution in [3.63, 3.8) is 0 Å². The first kappa shape index (κ1) is 15.3. The van der Waals surface area contributed by atoms with Crippen LogP contribution in [-0.2, 0) is 0 Å². The summed E-state index contributed by atoms with van der Waals surface area (Å²) in [6.07, 6.45) is 2.66. The minimum atomic E-state index is -0.635. The number of benzene rings is 1. The lowest BCUT2D eigenvalue weighted by Crippen LogP contribution is -2.36. The maximum absolute atomic E-state index is 12.0. The molecule has 0 heterocycles. The zero-order valence-corrected chi connectivity index (χ0v) is 11.6. The van der Waals surface area contributed by atoms with E-state index in [9.17, 15) is 20.0 Å². The predicted octanol–water partition coefficient (Wildman–Crippen LogP) is 2.17. The average molecular weight is 284 g/mol. The van der Waals surface area contributed by atoms with Crippen LogP contribution >= 0.6 is 11.8 Å². The van der Waals surface area contributed by atoms with Crippen molar-refractivity contribution in [2.75, 3.05) is 12.0 Å². The monoisotopic (exact) mass is 284 g/mol. The Hall–Kier alpha value is -1.76. The van der Waals surface area contributed by atoms with E-state index in [1.54, 1.807) is 11.8 Å². The molecule has 7 heteroatoms. The molecule has 19 heavy (non-hydrogen) atoms. The van der Waals surface area contributed by atoms with Gasteiger partial charge in [-0.2, -0.15) is 11.8 Å². The Bertz CT molecular complexity index is 479. The van der Waals surface area contributed by atoms with Crippen LogP contribution < -0.4 is 5.32 Å². The average Bonchev–Trinajstić information content (AvgIpc) is 2.37. The molecular weight excluding hydrogens is 268 g/mol. The van der Waals surface area contributed by atoms with E-state index < -0.39 is 10.8 Å². The van der Waals surface area contributed by atoms with Gasteiger partial charge in [0.15, 0.2) is 0 Å². The number of amides is 1. The zero-order chi connectivity index (χ0) is 14.4. The number of nitro benzene ring substituents is 1. The molecule has 104 valence electrons. The molecule has 0 aliphatic heterocycles. The Morgan fingerprint density at radius 1 is 1.58 bits per heavy atom. The van der Waals surface area contributed by atoms with Gasteiger partial charge in [0, 0.05) is 17.9 Å². The van der Waals surface area contributed by atoms with E-state index in [-0.39, 0.29) is 23.0 Å². The van der Waals surface area contributed by atoms with Gasteiger partial charge >= 0.3 is 0 Å². The molecule has 1 unspecified atom stereocenters. The van der Waals surface area contributed by atoms with E-state index in [2.05, 4.69) is 5.32 Å². The number of thioether (sulfide) groups is 1. The molecule has 0 aliphatic carbocycles. The second-order valence-corrected chi connectivity index (χ2v) is 4.90. The SMILES string of the molecule is CCC(CSC)NC(=O)c1cc(O)ccc1[N+](=O)[O-]. The number of carbonyl (C=O) groups excluding carboxylic acids is 1. The topological polar surface area (TPSA) is 92.5 Å². The third-order valence-corrected chi connectivity index (χ3v) is 3.35. The van der Waals surface area contributed by atoms with Gasteiger partial charge in [0.2, 0.25) is 0 Å². The zero-order valence-electron chi connectivity index (χ0n) is 10.8. The van der Waals surface area contributed by atoms with Crippen LogP contribution in [0.1, 0.15) is 23.7 Å². The highest BCUT2D eigenvalue weighted by molar-refractivity contribution is 7.98. The summed E-state index contributed by atoms with van der Waals surface area (Å²) in [7, 11) is 0. The molecular formula is C12H16N2O4S. The molecule has 0 aliphatic rings. The van der Waals surface area contributed by atoms with Gasteiger partial charge in [0.25, 0.3) is 11.6 Å². The quantitative estimate of drug-likeness (QED) is 0.617. The molecule has 0 aromatic heterocycles. The first-order valence-corrected chi connectivity index (χ1v) is 7.16. The number of phenolic OH excluding ortho intramolecular Hbond substituents is 1. The van der Waals surface area contributed by atoms with E-state index in [4.69, 9.17) is 0 Å². The standard InChI is InChI=1S/C12H16N2O4S/c1-3-8(7-19-2)13-12(16)10-6-9(15)4-5-11(10)14(17)18/h4-6,8,15H,3,7H2,1-2H3,(H,13,16). The van der Waals surface area contributed by atoms with Crippen LogP contribution in [-0.4, -0.2) is 34.0 Å². The van der Waals surface area contributed by atoms with Crippen molar-refractivity contribution in [1.82, 2.24) is 5.32 Å². The highest BCUT2D eigenvalue weighted by atomic mass is 32.2. The van der Waals surface area contributed by atoms with Crippen LogP contribution in [0.25, 0.3) is 0 Å². The Balaban J connectivity index is 2.98. The van der Waals surface area contributed by atoms with Crippen molar-refractivity contribution in [2.45, 2.75) is 19.4 Å². The van der Waals surface area contributed by atoms with Gasteiger partial charge in [-0.05, 0) is 24.8 Å². The van der Waals surface area contributed by atoms with Gasteiger partial charge in [0.05, 0.1) is 4.92 Å². The fourth-order valence-corrected chi connectivity index (χ4v) is 2.31. The van der Waals surface area contributed by atoms with Gasteiger partial charge in [-0.1, -0.05) is 6.92 Å². The number of nitrogens with one attached hydrogen (secondary N) is 1. The molecule has 0 fully saturated rings. The van der Waals surface area contributed by atoms with Crippen molar-refractivity contribution in [2.24, 2.45) is 0 Å². The molecule has 0 spiro atoms. The second-order valence-electron chi connectivity index (χ2n) is 3.99. The van der Waals surface area contributed by atoms with Crippen molar-refractivity contribution in [3.8, 4) is 5.75 Å². The van der Waals surface area contributed by atoms with Crippen molar-refractivity contribution >= 4 is 23.4 Å². The fourth-order valence-electron chi connectivity index (χ4n) is 1.59. The lowest BCUT2D eigenvalue weighted by atomic mass is 10.1. The van der Waals surface area contributed by atoms with Gasteiger partial charge in [-0.3, -0.25) is 14.9 Å². The Morgan fingerprint density at radius 3 is 2.79 bits per heavy atom. The molecule has 1 aromatic rings. The molecule has 6 nitrogen and oxygen atoms in total. The lowest BCUT2D eigenvalue weighted by Gasteiger charge is -2.15. The minimum Gasteiger partial charge on any atom is -0.508 e. The largest absolute Gasteiger partial charge is 0.508 e. The van der Waals surface area contributed by atoms with Crippen molar-refractivity contribution in [1.29, 1.82) is 0 Å². The van der Waals surface area contributed by atoms with Crippen LogP contribution in [0, 0.1) is 10.1 Å². The number of nitro groups is 1. The Morgan fingerprint density at radius 2 is 2.26 bits per heavy atom. The Labute approximate surface area is 115 Å².